The van der Waals surface area contributed by atoms with Crippen LogP contribution in [0.1, 0.15) is 5.69 Å². The highest BCUT2D eigenvalue weighted by atomic mass is 19.4. The Morgan fingerprint density at radius 1 is 1.04 bits per heavy atom. The minimum Gasteiger partial charge on any atom is -0.497 e. The van der Waals surface area contributed by atoms with Crippen LogP contribution in [0, 0.1) is 0 Å². The summed E-state index contributed by atoms with van der Waals surface area (Å²) in [5, 5.41) is 0. The number of hydrogen-bond acceptors (Lipinski definition) is 5. The van der Waals surface area contributed by atoms with Crippen molar-refractivity contribution in [1.29, 1.82) is 0 Å². The van der Waals surface area contributed by atoms with Gasteiger partial charge in [-0.1, -0.05) is 12.1 Å². The standard InChI is InChI=1S/C17H19F3N4O/c1-23-6-8-24(9-7-23)16-21-14(11-15(22-16)17(18,19)20)12-4-3-5-13(10-12)25-2/h3-5,10-11H,6-9H2,1-2H3. The number of ether oxygens (including phenoxy) is 1. The van der Waals surface area contributed by atoms with Gasteiger partial charge in [-0.2, -0.15) is 13.2 Å². The zero-order valence-electron chi connectivity index (χ0n) is 14.0. The average Bonchev–Trinajstić information content (AvgIpc) is 2.61. The number of nitrogens with zero attached hydrogens (tertiary/aromatic N) is 4. The number of piperazine rings is 1. The van der Waals surface area contributed by atoms with Crippen molar-refractivity contribution in [2.75, 3.05) is 45.2 Å². The normalized spacial score (nSPS) is 16.1. The molecule has 1 aliphatic rings. The smallest absolute Gasteiger partial charge is 0.433 e. The molecular formula is C17H19F3N4O. The third-order valence-corrected chi connectivity index (χ3v) is 4.16. The number of methoxy groups -OCH3 is 1. The number of aromatic nitrogens is 2. The van der Waals surface area contributed by atoms with Crippen LogP contribution >= 0.6 is 0 Å². The molecule has 0 aliphatic carbocycles. The van der Waals surface area contributed by atoms with Gasteiger partial charge < -0.3 is 14.5 Å². The van der Waals surface area contributed by atoms with Crippen molar-refractivity contribution < 1.29 is 17.9 Å². The number of anilines is 1. The lowest BCUT2D eigenvalue weighted by atomic mass is 10.1. The largest absolute Gasteiger partial charge is 0.497 e. The predicted octanol–water partition coefficient (Wildman–Crippen LogP) is 2.92. The maximum absolute atomic E-state index is 13.3. The van der Waals surface area contributed by atoms with E-state index in [1.165, 1.54) is 7.11 Å². The Labute approximate surface area is 144 Å². The number of rotatable bonds is 3. The van der Waals surface area contributed by atoms with Gasteiger partial charge in [0.05, 0.1) is 12.8 Å². The fourth-order valence-electron chi connectivity index (χ4n) is 2.66. The Morgan fingerprint density at radius 3 is 2.40 bits per heavy atom. The summed E-state index contributed by atoms with van der Waals surface area (Å²) in [4.78, 5) is 12.1. The molecule has 1 aromatic carbocycles. The van der Waals surface area contributed by atoms with Crippen molar-refractivity contribution in [3.05, 3.63) is 36.0 Å². The van der Waals surface area contributed by atoms with Gasteiger partial charge in [-0.25, -0.2) is 9.97 Å². The van der Waals surface area contributed by atoms with Gasteiger partial charge in [0.25, 0.3) is 0 Å². The lowest BCUT2D eigenvalue weighted by Crippen LogP contribution is -2.45. The van der Waals surface area contributed by atoms with Crippen molar-refractivity contribution in [2.45, 2.75) is 6.18 Å². The van der Waals surface area contributed by atoms with E-state index in [1.807, 2.05) is 7.05 Å². The van der Waals surface area contributed by atoms with Gasteiger partial charge in [0.15, 0.2) is 5.69 Å². The molecule has 1 saturated heterocycles. The Bertz CT molecular complexity index is 743. The molecule has 5 nitrogen and oxygen atoms in total. The second-order valence-electron chi connectivity index (χ2n) is 5.96. The molecule has 134 valence electrons. The van der Waals surface area contributed by atoms with E-state index in [1.54, 1.807) is 29.2 Å². The topological polar surface area (TPSA) is 41.5 Å². The van der Waals surface area contributed by atoms with Gasteiger partial charge in [0, 0.05) is 31.7 Å². The quantitative estimate of drug-likeness (QED) is 0.850. The number of halogens is 3. The lowest BCUT2D eigenvalue weighted by Gasteiger charge is -2.32. The Kier molecular flexibility index (Phi) is 4.80. The fraction of sp³-hybridized carbons (Fsp3) is 0.412. The van der Waals surface area contributed by atoms with E-state index in [0.29, 0.717) is 24.4 Å². The Balaban J connectivity index is 2.04. The molecule has 0 N–H and O–H groups in total. The van der Waals surface area contributed by atoms with Crippen LogP contribution in [0.2, 0.25) is 0 Å². The van der Waals surface area contributed by atoms with E-state index in [4.69, 9.17) is 4.74 Å². The summed E-state index contributed by atoms with van der Waals surface area (Å²) >= 11 is 0. The van der Waals surface area contributed by atoms with Gasteiger partial charge in [-0.3, -0.25) is 0 Å². The summed E-state index contributed by atoms with van der Waals surface area (Å²) in [5.74, 6) is 0.673. The van der Waals surface area contributed by atoms with E-state index in [9.17, 15) is 13.2 Å². The summed E-state index contributed by atoms with van der Waals surface area (Å²) in [7, 11) is 3.49. The first-order valence-electron chi connectivity index (χ1n) is 7.91. The Morgan fingerprint density at radius 2 is 1.76 bits per heavy atom. The molecule has 2 aromatic rings. The summed E-state index contributed by atoms with van der Waals surface area (Å²) in [5.41, 5.74) is -0.146. The molecule has 0 saturated carbocycles. The van der Waals surface area contributed by atoms with E-state index in [2.05, 4.69) is 14.9 Å². The van der Waals surface area contributed by atoms with Gasteiger partial charge in [0.2, 0.25) is 5.95 Å². The minimum absolute atomic E-state index is 0.112. The fourth-order valence-corrected chi connectivity index (χ4v) is 2.66. The molecule has 0 spiro atoms. The highest BCUT2D eigenvalue weighted by Crippen LogP contribution is 2.32. The zero-order chi connectivity index (χ0) is 18.0. The van der Waals surface area contributed by atoms with Crippen molar-refractivity contribution in [3.63, 3.8) is 0 Å². The van der Waals surface area contributed by atoms with Gasteiger partial charge in [0.1, 0.15) is 5.75 Å². The van der Waals surface area contributed by atoms with Crippen molar-refractivity contribution >= 4 is 5.95 Å². The van der Waals surface area contributed by atoms with Crippen LogP contribution in [0.4, 0.5) is 19.1 Å². The molecule has 3 rings (SSSR count). The summed E-state index contributed by atoms with van der Waals surface area (Å²) < 4.78 is 45.0. The molecular weight excluding hydrogens is 333 g/mol. The minimum atomic E-state index is -4.53. The Hall–Kier alpha value is -2.35. The number of alkyl halides is 3. The van der Waals surface area contributed by atoms with E-state index in [-0.39, 0.29) is 11.6 Å². The van der Waals surface area contributed by atoms with Crippen LogP contribution in [0.25, 0.3) is 11.3 Å². The molecule has 1 aromatic heterocycles. The van der Waals surface area contributed by atoms with Crippen LogP contribution in [-0.4, -0.2) is 55.2 Å². The van der Waals surface area contributed by atoms with Gasteiger partial charge in [-0.15, -0.1) is 0 Å². The molecule has 0 unspecified atom stereocenters. The van der Waals surface area contributed by atoms with E-state index >= 15 is 0 Å². The lowest BCUT2D eigenvalue weighted by molar-refractivity contribution is -0.141. The molecule has 0 atom stereocenters. The molecule has 1 aliphatic heterocycles. The average molecular weight is 352 g/mol. The van der Waals surface area contributed by atoms with Crippen LogP contribution in [0.5, 0.6) is 5.75 Å². The summed E-state index contributed by atoms with van der Waals surface area (Å²) in [6, 6.07) is 7.80. The molecule has 0 amide bonds. The third kappa shape index (κ3) is 4.01. The highest BCUT2D eigenvalue weighted by molar-refractivity contribution is 5.63. The van der Waals surface area contributed by atoms with E-state index in [0.717, 1.165) is 19.2 Å². The van der Waals surface area contributed by atoms with Crippen LogP contribution in [0.15, 0.2) is 30.3 Å². The van der Waals surface area contributed by atoms with Crippen LogP contribution in [-0.2, 0) is 6.18 Å². The molecule has 2 heterocycles. The van der Waals surface area contributed by atoms with Crippen molar-refractivity contribution in [2.24, 2.45) is 0 Å². The summed E-state index contributed by atoms with van der Waals surface area (Å²) in [6.45, 7) is 2.70. The maximum atomic E-state index is 13.3. The van der Waals surface area contributed by atoms with E-state index < -0.39 is 11.9 Å². The third-order valence-electron chi connectivity index (χ3n) is 4.16. The van der Waals surface area contributed by atoms with Crippen molar-refractivity contribution in [3.8, 4) is 17.0 Å². The van der Waals surface area contributed by atoms with Gasteiger partial charge in [-0.05, 0) is 25.2 Å². The summed E-state index contributed by atoms with van der Waals surface area (Å²) in [6.07, 6.45) is -4.53. The molecule has 25 heavy (non-hydrogen) atoms. The first-order chi connectivity index (χ1) is 11.9. The number of likely N-dealkylation sites (N-methyl/N-ethyl adjacent to an activating group) is 1. The molecule has 0 radical (unpaired) electrons. The molecule has 1 fully saturated rings. The second kappa shape index (κ2) is 6.87. The molecule has 0 bridgehead atoms. The first-order valence-corrected chi connectivity index (χ1v) is 7.91. The first kappa shape index (κ1) is 17.5. The number of hydrogen-bond donors (Lipinski definition) is 0. The van der Waals surface area contributed by atoms with Crippen LogP contribution < -0.4 is 9.64 Å². The number of benzene rings is 1. The van der Waals surface area contributed by atoms with Crippen LogP contribution in [0.3, 0.4) is 0 Å². The maximum Gasteiger partial charge on any atom is 0.433 e. The van der Waals surface area contributed by atoms with Gasteiger partial charge >= 0.3 is 6.18 Å². The monoisotopic (exact) mass is 352 g/mol. The predicted molar refractivity (Wildman–Crippen MR) is 88.7 cm³/mol. The molecule has 8 heteroatoms. The zero-order valence-corrected chi connectivity index (χ0v) is 14.0. The second-order valence-corrected chi connectivity index (χ2v) is 5.96. The van der Waals surface area contributed by atoms with Crippen molar-refractivity contribution in [1.82, 2.24) is 14.9 Å². The SMILES string of the molecule is COc1cccc(-c2cc(C(F)(F)F)nc(N3CCN(C)CC3)n2)c1. The highest BCUT2D eigenvalue weighted by Gasteiger charge is 2.34.